The number of phenolic OH excluding ortho intramolecular Hbond substituents is 2. The first-order valence-corrected chi connectivity index (χ1v) is 13.6. The van der Waals surface area contributed by atoms with Crippen molar-refractivity contribution in [3.8, 4) is 34.5 Å². The van der Waals surface area contributed by atoms with Gasteiger partial charge in [0.2, 0.25) is 11.5 Å². The van der Waals surface area contributed by atoms with E-state index in [-0.39, 0.29) is 60.7 Å². The van der Waals surface area contributed by atoms with Crippen molar-refractivity contribution >= 4 is 0 Å². The van der Waals surface area contributed by atoms with Gasteiger partial charge < -0.3 is 64.2 Å². The molecule has 0 bridgehead atoms. The highest BCUT2D eigenvalue weighted by Crippen LogP contribution is 2.54. The van der Waals surface area contributed by atoms with Crippen molar-refractivity contribution in [2.45, 2.75) is 49.5 Å². The molecule has 42 heavy (non-hydrogen) atoms. The molecule has 0 saturated carbocycles. The highest BCUT2D eigenvalue weighted by atomic mass is 16.7. The summed E-state index contributed by atoms with van der Waals surface area (Å²) in [4.78, 5) is 0. The molecular weight excluding hydrogens is 556 g/mol. The quantitative estimate of drug-likeness (QED) is 0.187. The molecule has 13 nitrogen and oxygen atoms in total. The van der Waals surface area contributed by atoms with Gasteiger partial charge in [0, 0.05) is 24.7 Å². The molecule has 1 aliphatic heterocycles. The molecule has 13 heteroatoms. The van der Waals surface area contributed by atoms with Gasteiger partial charge in [-0.1, -0.05) is 0 Å². The average Bonchev–Trinajstić information content (AvgIpc) is 3.00. The van der Waals surface area contributed by atoms with Crippen molar-refractivity contribution in [1.29, 1.82) is 0 Å². The Morgan fingerprint density at radius 2 is 1.43 bits per heavy atom. The van der Waals surface area contributed by atoms with Crippen LogP contribution >= 0.6 is 0 Å². The first-order valence-electron chi connectivity index (χ1n) is 13.6. The third-order valence-electron chi connectivity index (χ3n) is 8.23. The van der Waals surface area contributed by atoms with Gasteiger partial charge in [0.25, 0.3) is 0 Å². The molecule has 0 aromatic heterocycles. The van der Waals surface area contributed by atoms with Crippen LogP contribution in [0.25, 0.3) is 0 Å². The molecule has 2 aromatic rings. The number of methoxy groups -OCH3 is 4. The summed E-state index contributed by atoms with van der Waals surface area (Å²) in [5.41, 5.74) is 1.90. The maximum atomic E-state index is 11.0. The van der Waals surface area contributed by atoms with Crippen molar-refractivity contribution in [3.05, 3.63) is 34.9 Å². The van der Waals surface area contributed by atoms with Crippen molar-refractivity contribution in [3.63, 3.8) is 0 Å². The molecule has 1 heterocycles. The largest absolute Gasteiger partial charge is 0.502 e. The summed E-state index contributed by atoms with van der Waals surface area (Å²) in [5, 5.41) is 72.8. The smallest absolute Gasteiger partial charge is 0.201 e. The van der Waals surface area contributed by atoms with Crippen LogP contribution in [0.4, 0.5) is 0 Å². The number of aliphatic hydroxyl groups excluding tert-OH is 5. The molecule has 0 radical (unpaired) electrons. The van der Waals surface area contributed by atoms with Crippen LogP contribution in [-0.4, -0.2) is 115 Å². The molecule has 8 atom stereocenters. The van der Waals surface area contributed by atoms with E-state index < -0.39 is 48.5 Å². The second kappa shape index (κ2) is 13.5. The summed E-state index contributed by atoms with van der Waals surface area (Å²) in [5.74, 6) is -1.45. The lowest BCUT2D eigenvalue weighted by Crippen LogP contribution is -2.58. The SMILES string of the molecule is COc1cc([C@H]2c3c(cc(OC)c(O)c3OC)C[C@@H](CO)[C@@H]2CO[C@@H]2O[C@H](CCO)[C@@H](O)[C@H](O)[C@H]2O)cc(OC)c1O. The van der Waals surface area contributed by atoms with E-state index in [1.807, 2.05) is 0 Å². The van der Waals surface area contributed by atoms with Crippen LogP contribution in [0.2, 0.25) is 0 Å². The zero-order chi connectivity index (χ0) is 30.7. The molecule has 1 saturated heterocycles. The van der Waals surface area contributed by atoms with Crippen LogP contribution in [-0.2, 0) is 15.9 Å². The monoisotopic (exact) mass is 596 g/mol. The molecule has 0 amide bonds. The molecule has 4 rings (SSSR count). The highest BCUT2D eigenvalue weighted by molar-refractivity contribution is 5.64. The second-order valence-electron chi connectivity index (χ2n) is 10.5. The zero-order valence-corrected chi connectivity index (χ0v) is 24.0. The summed E-state index contributed by atoms with van der Waals surface area (Å²) in [6.07, 6.45) is -6.57. The fraction of sp³-hybridized carbons (Fsp3) is 0.586. The van der Waals surface area contributed by atoms with Crippen LogP contribution in [0, 0.1) is 11.8 Å². The Balaban J connectivity index is 1.83. The van der Waals surface area contributed by atoms with Crippen LogP contribution in [0.15, 0.2) is 18.2 Å². The van der Waals surface area contributed by atoms with E-state index in [9.17, 15) is 35.7 Å². The van der Waals surface area contributed by atoms with Gasteiger partial charge in [-0.25, -0.2) is 0 Å². The van der Waals surface area contributed by atoms with Gasteiger partial charge in [-0.3, -0.25) is 0 Å². The highest BCUT2D eigenvalue weighted by Gasteiger charge is 2.46. The maximum Gasteiger partial charge on any atom is 0.201 e. The number of hydrogen-bond acceptors (Lipinski definition) is 13. The Bertz CT molecular complexity index is 1200. The van der Waals surface area contributed by atoms with E-state index in [0.717, 1.165) is 5.56 Å². The van der Waals surface area contributed by atoms with E-state index in [4.69, 9.17) is 28.4 Å². The average molecular weight is 597 g/mol. The van der Waals surface area contributed by atoms with Gasteiger partial charge in [-0.15, -0.1) is 0 Å². The molecule has 2 aromatic carbocycles. The molecule has 0 spiro atoms. The number of benzene rings is 2. The molecule has 0 unspecified atom stereocenters. The Kier molecular flexibility index (Phi) is 10.3. The van der Waals surface area contributed by atoms with Crippen LogP contribution in [0.5, 0.6) is 34.5 Å². The minimum absolute atomic E-state index is 0.00884. The normalized spacial score (nSPS) is 29.1. The minimum Gasteiger partial charge on any atom is -0.502 e. The zero-order valence-electron chi connectivity index (χ0n) is 24.0. The Hall–Kier alpha value is -3.04. The summed E-state index contributed by atoms with van der Waals surface area (Å²) in [7, 11) is 5.62. The van der Waals surface area contributed by atoms with Crippen LogP contribution in [0.1, 0.15) is 29.0 Å². The summed E-state index contributed by atoms with van der Waals surface area (Å²) in [6.45, 7) is -0.694. The summed E-state index contributed by atoms with van der Waals surface area (Å²) >= 11 is 0. The fourth-order valence-electron chi connectivity index (χ4n) is 6.05. The lowest BCUT2D eigenvalue weighted by atomic mass is 9.66. The van der Waals surface area contributed by atoms with Crippen LogP contribution in [0.3, 0.4) is 0 Å². The Morgan fingerprint density at radius 1 is 0.810 bits per heavy atom. The predicted molar refractivity (Wildman–Crippen MR) is 146 cm³/mol. The number of phenols is 2. The number of aliphatic hydroxyl groups is 5. The molecule has 1 aliphatic carbocycles. The first-order chi connectivity index (χ1) is 20.1. The van der Waals surface area contributed by atoms with E-state index in [1.54, 1.807) is 18.2 Å². The molecule has 7 N–H and O–H groups in total. The lowest BCUT2D eigenvalue weighted by molar-refractivity contribution is -0.301. The molecule has 2 aliphatic rings. The Morgan fingerprint density at radius 3 is 1.98 bits per heavy atom. The van der Waals surface area contributed by atoms with Crippen molar-refractivity contribution in [2.75, 3.05) is 48.3 Å². The molecule has 234 valence electrons. The number of rotatable bonds is 11. The second-order valence-corrected chi connectivity index (χ2v) is 10.5. The van der Waals surface area contributed by atoms with Gasteiger partial charge in [0.1, 0.15) is 18.3 Å². The fourth-order valence-corrected chi connectivity index (χ4v) is 6.05. The van der Waals surface area contributed by atoms with Gasteiger partial charge in [-0.05, 0) is 54.0 Å². The van der Waals surface area contributed by atoms with Gasteiger partial charge in [0.05, 0.1) is 41.2 Å². The third-order valence-corrected chi connectivity index (χ3v) is 8.23. The summed E-state index contributed by atoms with van der Waals surface area (Å²) < 4.78 is 33.6. The van der Waals surface area contributed by atoms with Crippen molar-refractivity contribution in [1.82, 2.24) is 0 Å². The Labute approximate surface area is 243 Å². The topological polar surface area (TPSA) is 197 Å². The molecule has 1 fully saturated rings. The van der Waals surface area contributed by atoms with Crippen molar-refractivity contribution in [2.24, 2.45) is 11.8 Å². The third kappa shape index (κ3) is 5.78. The summed E-state index contributed by atoms with van der Waals surface area (Å²) in [6, 6.07) is 4.91. The molecular formula is C29H40O13. The number of aromatic hydroxyl groups is 2. The first kappa shape index (κ1) is 31.9. The van der Waals surface area contributed by atoms with Crippen LogP contribution < -0.4 is 18.9 Å². The number of hydrogen-bond donors (Lipinski definition) is 7. The van der Waals surface area contributed by atoms with E-state index >= 15 is 0 Å². The van der Waals surface area contributed by atoms with Gasteiger partial charge in [0.15, 0.2) is 29.3 Å². The lowest BCUT2D eigenvalue weighted by Gasteiger charge is -2.43. The minimum atomic E-state index is -1.59. The van der Waals surface area contributed by atoms with Gasteiger partial charge in [-0.2, -0.15) is 0 Å². The van der Waals surface area contributed by atoms with Crippen molar-refractivity contribution < 1.29 is 64.2 Å². The predicted octanol–water partition coefficient (Wildman–Crippen LogP) is 0.251. The van der Waals surface area contributed by atoms with Gasteiger partial charge >= 0.3 is 0 Å². The number of fused-ring (bicyclic) bond motifs is 1. The maximum absolute atomic E-state index is 11.0. The van der Waals surface area contributed by atoms with E-state index in [1.165, 1.54) is 28.4 Å². The van der Waals surface area contributed by atoms with E-state index in [2.05, 4.69) is 0 Å². The number of ether oxygens (including phenoxy) is 6. The van der Waals surface area contributed by atoms with E-state index in [0.29, 0.717) is 17.5 Å². The standard InChI is InChI=1S/C29H40O13/c1-37-18-9-14(10-19(38-2)23(18)32)21-16(12-41-29-27(36)26(35)24(33)17(42-29)5-6-30)15(11-31)7-13-8-20(39-3)25(34)28(40-4)22(13)21/h8-10,15-17,21,24,26-27,29-36H,5-7,11-12H2,1-4H3/t15-,16-,17+,21+,24+,26-,27+,29+/m0/s1.